The molecule has 1 aromatic heterocycles. The molecule has 3 rings (SSSR count). The van der Waals surface area contributed by atoms with Gasteiger partial charge >= 0.3 is 0 Å². The molecule has 1 aliphatic rings. The smallest absolute Gasteiger partial charge is 0.224 e. The van der Waals surface area contributed by atoms with Gasteiger partial charge in [0.2, 0.25) is 5.91 Å². The van der Waals surface area contributed by atoms with E-state index in [1.807, 2.05) is 25.3 Å². The fourth-order valence-corrected chi connectivity index (χ4v) is 3.65. The lowest BCUT2D eigenvalue weighted by Crippen LogP contribution is -2.21. The number of aryl methyl sites for hydroxylation is 1. The fraction of sp³-hybridized carbons (Fsp3) is 0.353. The first-order valence-corrected chi connectivity index (χ1v) is 8.07. The number of carbonyl (C=O) groups is 1. The Bertz CT molecular complexity index is 677. The maximum Gasteiger partial charge on any atom is 0.224 e. The molecule has 1 aromatic carbocycles. The number of thiophene rings is 1. The fourth-order valence-electron chi connectivity index (χ4n) is 2.91. The zero-order chi connectivity index (χ0) is 15.0. The summed E-state index contributed by atoms with van der Waals surface area (Å²) < 4.78 is 0. The van der Waals surface area contributed by atoms with E-state index >= 15 is 0 Å². The molecule has 2 heterocycles. The SMILES string of the molecule is Cc1c(C(O)Cc2cccs2)cc2c(c1C)NC(=O)CC2. The van der Waals surface area contributed by atoms with Crippen molar-refractivity contribution in [3.63, 3.8) is 0 Å². The summed E-state index contributed by atoms with van der Waals surface area (Å²) in [4.78, 5) is 12.7. The highest BCUT2D eigenvalue weighted by Crippen LogP contribution is 2.34. The molecule has 0 bridgehead atoms. The molecule has 0 aliphatic carbocycles. The lowest BCUT2D eigenvalue weighted by molar-refractivity contribution is -0.116. The third kappa shape index (κ3) is 2.74. The van der Waals surface area contributed by atoms with Crippen LogP contribution < -0.4 is 5.32 Å². The van der Waals surface area contributed by atoms with Gasteiger partial charge in [-0.05, 0) is 54.0 Å². The summed E-state index contributed by atoms with van der Waals surface area (Å²) in [7, 11) is 0. The zero-order valence-electron chi connectivity index (χ0n) is 12.3. The Morgan fingerprint density at radius 2 is 2.14 bits per heavy atom. The zero-order valence-corrected chi connectivity index (χ0v) is 13.1. The normalized spacial score (nSPS) is 15.5. The van der Waals surface area contributed by atoms with E-state index in [-0.39, 0.29) is 5.91 Å². The lowest BCUT2D eigenvalue weighted by Gasteiger charge is -2.24. The van der Waals surface area contributed by atoms with Gasteiger partial charge in [0, 0.05) is 23.4 Å². The van der Waals surface area contributed by atoms with Crippen molar-refractivity contribution >= 4 is 22.9 Å². The first-order valence-electron chi connectivity index (χ1n) is 7.19. The van der Waals surface area contributed by atoms with E-state index in [2.05, 4.69) is 17.4 Å². The molecule has 0 saturated carbocycles. The molecule has 0 saturated heterocycles. The number of fused-ring (bicyclic) bond motifs is 1. The van der Waals surface area contributed by atoms with Crippen LogP contribution in [0.5, 0.6) is 0 Å². The molecule has 0 radical (unpaired) electrons. The van der Waals surface area contributed by atoms with Gasteiger partial charge in [-0.25, -0.2) is 0 Å². The first-order chi connectivity index (χ1) is 10.1. The number of aliphatic hydroxyl groups is 1. The molecule has 4 heteroatoms. The van der Waals surface area contributed by atoms with Crippen LogP contribution in [-0.2, 0) is 17.6 Å². The van der Waals surface area contributed by atoms with Crippen LogP contribution in [0.4, 0.5) is 5.69 Å². The van der Waals surface area contributed by atoms with Gasteiger partial charge in [0.25, 0.3) is 0 Å². The van der Waals surface area contributed by atoms with Gasteiger partial charge in [0.15, 0.2) is 0 Å². The molecule has 3 nitrogen and oxygen atoms in total. The van der Waals surface area contributed by atoms with E-state index in [0.29, 0.717) is 12.8 Å². The number of carbonyl (C=O) groups excluding carboxylic acids is 1. The minimum atomic E-state index is -0.495. The summed E-state index contributed by atoms with van der Waals surface area (Å²) in [6, 6.07) is 6.12. The topological polar surface area (TPSA) is 49.3 Å². The number of anilines is 1. The molecular formula is C17H19NO2S. The van der Waals surface area contributed by atoms with Crippen molar-refractivity contribution in [3.8, 4) is 0 Å². The molecular weight excluding hydrogens is 282 g/mol. The summed E-state index contributed by atoms with van der Waals surface area (Å²) in [5.74, 6) is 0.0804. The predicted molar refractivity (Wildman–Crippen MR) is 85.8 cm³/mol. The average molecular weight is 301 g/mol. The van der Waals surface area contributed by atoms with Crippen molar-refractivity contribution in [1.82, 2.24) is 0 Å². The van der Waals surface area contributed by atoms with Gasteiger partial charge in [0.1, 0.15) is 0 Å². The monoisotopic (exact) mass is 301 g/mol. The van der Waals surface area contributed by atoms with Gasteiger partial charge in [-0.15, -0.1) is 11.3 Å². The van der Waals surface area contributed by atoms with Crippen LogP contribution in [0.25, 0.3) is 0 Å². The summed E-state index contributed by atoms with van der Waals surface area (Å²) in [6.45, 7) is 4.03. The summed E-state index contributed by atoms with van der Waals surface area (Å²) in [5.41, 5.74) is 5.20. The minimum Gasteiger partial charge on any atom is -0.388 e. The molecule has 1 aliphatic heterocycles. The Morgan fingerprint density at radius 3 is 2.86 bits per heavy atom. The number of hydrogen-bond acceptors (Lipinski definition) is 3. The van der Waals surface area contributed by atoms with Crippen LogP contribution in [0.2, 0.25) is 0 Å². The number of rotatable bonds is 3. The highest BCUT2D eigenvalue weighted by molar-refractivity contribution is 7.09. The molecule has 1 amide bonds. The molecule has 0 spiro atoms. The number of benzene rings is 1. The number of hydrogen-bond donors (Lipinski definition) is 2. The second-order valence-corrected chi connectivity index (χ2v) is 6.63. The van der Waals surface area contributed by atoms with Crippen molar-refractivity contribution in [1.29, 1.82) is 0 Å². The maximum absolute atomic E-state index is 11.6. The number of nitrogens with one attached hydrogen (secondary N) is 1. The van der Waals surface area contributed by atoms with Crippen LogP contribution in [0.1, 0.15) is 39.7 Å². The third-order valence-corrected chi connectivity index (χ3v) is 5.14. The van der Waals surface area contributed by atoms with Gasteiger partial charge in [-0.2, -0.15) is 0 Å². The summed E-state index contributed by atoms with van der Waals surface area (Å²) >= 11 is 1.67. The molecule has 1 atom stereocenters. The first kappa shape index (κ1) is 14.3. The molecule has 21 heavy (non-hydrogen) atoms. The quantitative estimate of drug-likeness (QED) is 0.911. The Morgan fingerprint density at radius 1 is 1.33 bits per heavy atom. The van der Waals surface area contributed by atoms with Gasteiger partial charge < -0.3 is 10.4 Å². The van der Waals surface area contributed by atoms with Crippen LogP contribution in [0, 0.1) is 13.8 Å². The second-order valence-electron chi connectivity index (χ2n) is 5.60. The highest BCUT2D eigenvalue weighted by atomic mass is 32.1. The van der Waals surface area contributed by atoms with E-state index in [4.69, 9.17) is 0 Å². The van der Waals surface area contributed by atoms with E-state index in [9.17, 15) is 9.90 Å². The van der Waals surface area contributed by atoms with Crippen molar-refractivity contribution in [2.75, 3.05) is 5.32 Å². The molecule has 1 unspecified atom stereocenters. The third-order valence-electron chi connectivity index (χ3n) is 4.24. The van der Waals surface area contributed by atoms with Gasteiger partial charge in [0.05, 0.1) is 6.10 Å². The average Bonchev–Trinajstić information content (AvgIpc) is 2.96. The molecule has 2 aromatic rings. The minimum absolute atomic E-state index is 0.0804. The standard InChI is InChI=1S/C17H19NO2S/c1-10-11(2)17-12(5-6-16(20)18-17)8-14(10)15(19)9-13-4-3-7-21-13/h3-4,7-8,15,19H,5-6,9H2,1-2H3,(H,18,20). The lowest BCUT2D eigenvalue weighted by atomic mass is 9.89. The van der Waals surface area contributed by atoms with Crippen molar-refractivity contribution in [2.45, 2.75) is 39.2 Å². The van der Waals surface area contributed by atoms with E-state index in [1.54, 1.807) is 11.3 Å². The van der Waals surface area contributed by atoms with Crippen molar-refractivity contribution in [3.05, 3.63) is 50.7 Å². The maximum atomic E-state index is 11.6. The van der Waals surface area contributed by atoms with E-state index in [1.165, 1.54) is 4.88 Å². The van der Waals surface area contributed by atoms with Crippen molar-refractivity contribution in [2.24, 2.45) is 0 Å². The Hall–Kier alpha value is -1.65. The van der Waals surface area contributed by atoms with E-state index < -0.39 is 6.10 Å². The summed E-state index contributed by atoms with van der Waals surface area (Å²) in [6.07, 6.45) is 1.42. The van der Waals surface area contributed by atoms with E-state index in [0.717, 1.165) is 34.4 Å². The highest BCUT2D eigenvalue weighted by Gasteiger charge is 2.22. The Labute approximate surface area is 128 Å². The Balaban J connectivity index is 1.96. The van der Waals surface area contributed by atoms with Gasteiger partial charge in [-0.3, -0.25) is 4.79 Å². The van der Waals surface area contributed by atoms with Crippen molar-refractivity contribution < 1.29 is 9.90 Å². The van der Waals surface area contributed by atoms with Crippen LogP contribution >= 0.6 is 11.3 Å². The molecule has 0 fully saturated rings. The molecule has 2 N–H and O–H groups in total. The Kier molecular flexibility index (Phi) is 3.83. The van der Waals surface area contributed by atoms with Crippen LogP contribution in [-0.4, -0.2) is 11.0 Å². The van der Waals surface area contributed by atoms with Gasteiger partial charge in [-0.1, -0.05) is 12.1 Å². The number of amides is 1. The second kappa shape index (κ2) is 5.62. The van der Waals surface area contributed by atoms with Crippen LogP contribution in [0.3, 0.4) is 0 Å². The van der Waals surface area contributed by atoms with Crippen LogP contribution in [0.15, 0.2) is 23.6 Å². The largest absolute Gasteiger partial charge is 0.388 e. The summed E-state index contributed by atoms with van der Waals surface area (Å²) in [5, 5.41) is 15.6. The molecule has 110 valence electrons. The number of aliphatic hydroxyl groups excluding tert-OH is 1. The predicted octanol–water partition coefficient (Wildman–Crippen LogP) is 3.53.